The fourth-order valence-electron chi connectivity index (χ4n) is 2.74. The normalized spacial score (nSPS) is 19.4. The zero-order chi connectivity index (χ0) is 16.5. The van der Waals surface area contributed by atoms with Crippen LogP contribution in [0.3, 0.4) is 0 Å². The maximum Gasteiger partial charge on any atom is 0.274 e. The SMILES string of the molecule is O=C(CN1C(=O)C(c2ccccc2)Oc2cccnc21)NC1CC1. The second kappa shape index (κ2) is 5.96. The molecule has 1 N–H and O–H groups in total. The van der Waals surface area contributed by atoms with Crippen LogP contribution in [0.4, 0.5) is 5.82 Å². The second-order valence-corrected chi connectivity index (χ2v) is 6.00. The van der Waals surface area contributed by atoms with Gasteiger partial charge in [0.1, 0.15) is 6.54 Å². The van der Waals surface area contributed by atoms with Crippen LogP contribution in [0.25, 0.3) is 0 Å². The molecule has 6 nitrogen and oxygen atoms in total. The van der Waals surface area contributed by atoms with Crippen LogP contribution in [0.5, 0.6) is 5.75 Å². The third kappa shape index (κ3) is 2.82. The summed E-state index contributed by atoms with van der Waals surface area (Å²) in [7, 11) is 0. The van der Waals surface area contributed by atoms with Crippen LogP contribution in [0.15, 0.2) is 48.7 Å². The zero-order valence-corrected chi connectivity index (χ0v) is 13.0. The van der Waals surface area contributed by atoms with Gasteiger partial charge in [-0.1, -0.05) is 30.3 Å². The van der Waals surface area contributed by atoms with Gasteiger partial charge in [0, 0.05) is 17.8 Å². The van der Waals surface area contributed by atoms with Gasteiger partial charge in [0.05, 0.1) is 0 Å². The number of fused-ring (bicyclic) bond motifs is 1. The van der Waals surface area contributed by atoms with Gasteiger partial charge in [0.25, 0.3) is 5.91 Å². The standard InChI is InChI=1S/C18H17N3O3/c22-15(20-13-8-9-13)11-21-17-14(7-4-10-19-17)24-16(18(21)23)12-5-2-1-3-6-12/h1-7,10,13,16H,8-9,11H2,(H,20,22). The van der Waals surface area contributed by atoms with Crippen LogP contribution in [0, 0.1) is 0 Å². The molecule has 1 aliphatic carbocycles. The number of nitrogens with zero attached hydrogens (tertiary/aromatic N) is 2. The number of amides is 2. The molecular weight excluding hydrogens is 306 g/mol. The Labute approximate surface area is 139 Å². The molecule has 1 fully saturated rings. The molecule has 0 spiro atoms. The Morgan fingerprint density at radius 2 is 2.00 bits per heavy atom. The summed E-state index contributed by atoms with van der Waals surface area (Å²) in [6.07, 6.45) is 2.83. The molecule has 0 bridgehead atoms. The highest BCUT2D eigenvalue weighted by atomic mass is 16.5. The first-order chi connectivity index (χ1) is 11.7. The molecule has 1 saturated carbocycles. The van der Waals surface area contributed by atoms with Crippen molar-refractivity contribution in [1.29, 1.82) is 0 Å². The molecule has 2 aromatic rings. The van der Waals surface area contributed by atoms with E-state index in [0.29, 0.717) is 11.6 Å². The molecule has 1 atom stereocenters. The van der Waals surface area contributed by atoms with Gasteiger partial charge in [0.15, 0.2) is 11.6 Å². The quantitative estimate of drug-likeness (QED) is 0.932. The number of carbonyl (C=O) groups excluding carboxylic acids is 2. The number of pyridine rings is 1. The highest BCUT2D eigenvalue weighted by Crippen LogP contribution is 2.36. The van der Waals surface area contributed by atoms with Crippen LogP contribution < -0.4 is 15.0 Å². The van der Waals surface area contributed by atoms with Crippen LogP contribution in [0.2, 0.25) is 0 Å². The molecule has 2 aliphatic rings. The second-order valence-electron chi connectivity index (χ2n) is 6.00. The van der Waals surface area contributed by atoms with Crippen molar-refractivity contribution >= 4 is 17.6 Å². The molecule has 4 rings (SSSR count). The van der Waals surface area contributed by atoms with Gasteiger partial charge >= 0.3 is 0 Å². The van der Waals surface area contributed by atoms with E-state index in [1.54, 1.807) is 18.3 Å². The van der Waals surface area contributed by atoms with Gasteiger partial charge in [-0.3, -0.25) is 14.5 Å². The lowest BCUT2D eigenvalue weighted by molar-refractivity contribution is -0.129. The minimum atomic E-state index is -0.767. The first kappa shape index (κ1) is 14.7. The molecule has 1 aliphatic heterocycles. The summed E-state index contributed by atoms with van der Waals surface area (Å²) in [6, 6.07) is 13.0. The number of benzene rings is 1. The lowest BCUT2D eigenvalue weighted by atomic mass is 10.1. The predicted octanol–water partition coefficient (Wildman–Crippen LogP) is 1.83. The topological polar surface area (TPSA) is 71.5 Å². The minimum Gasteiger partial charge on any atom is -0.472 e. The van der Waals surface area contributed by atoms with Crippen molar-refractivity contribution in [2.24, 2.45) is 0 Å². The van der Waals surface area contributed by atoms with E-state index in [9.17, 15) is 9.59 Å². The van der Waals surface area contributed by atoms with Gasteiger partial charge in [-0.25, -0.2) is 4.98 Å². The molecular formula is C18H17N3O3. The number of nitrogens with one attached hydrogen (secondary N) is 1. The Bertz CT molecular complexity index is 774. The number of anilines is 1. The smallest absolute Gasteiger partial charge is 0.274 e. The molecule has 1 aromatic carbocycles. The molecule has 1 unspecified atom stereocenters. The van der Waals surface area contributed by atoms with Crippen molar-refractivity contribution in [1.82, 2.24) is 10.3 Å². The lowest BCUT2D eigenvalue weighted by Gasteiger charge is -2.33. The minimum absolute atomic E-state index is 0.0496. The Kier molecular flexibility index (Phi) is 3.65. The largest absolute Gasteiger partial charge is 0.472 e. The van der Waals surface area contributed by atoms with Crippen LogP contribution in [-0.4, -0.2) is 29.4 Å². The van der Waals surface area contributed by atoms with Gasteiger partial charge in [-0.15, -0.1) is 0 Å². The highest BCUT2D eigenvalue weighted by Gasteiger charge is 2.37. The molecule has 6 heteroatoms. The molecule has 2 amide bonds. The third-order valence-corrected chi connectivity index (χ3v) is 4.09. The first-order valence-corrected chi connectivity index (χ1v) is 8.00. The number of hydrogen-bond donors (Lipinski definition) is 1. The Morgan fingerprint density at radius 3 is 2.75 bits per heavy atom. The number of carbonyl (C=O) groups is 2. The predicted molar refractivity (Wildman–Crippen MR) is 87.6 cm³/mol. The molecule has 0 saturated heterocycles. The number of rotatable bonds is 4. The zero-order valence-electron chi connectivity index (χ0n) is 13.0. The lowest BCUT2D eigenvalue weighted by Crippen LogP contribution is -2.47. The van der Waals surface area contributed by atoms with E-state index in [4.69, 9.17) is 4.74 Å². The van der Waals surface area contributed by atoms with E-state index in [2.05, 4.69) is 10.3 Å². The Balaban J connectivity index is 1.64. The first-order valence-electron chi connectivity index (χ1n) is 8.00. The van der Waals surface area contributed by atoms with Crippen molar-refractivity contribution < 1.29 is 14.3 Å². The monoisotopic (exact) mass is 323 g/mol. The molecule has 24 heavy (non-hydrogen) atoms. The number of ether oxygens (including phenoxy) is 1. The van der Waals surface area contributed by atoms with Gasteiger partial charge in [-0.05, 0) is 25.0 Å². The van der Waals surface area contributed by atoms with E-state index < -0.39 is 6.10 Å². The average molecular weight is 323 g/mol. The van der Waals surface area contributed by atoms with Gasteiger partial charge in [0.2, 0.25) is 12.0 Å². The maximum atomic E-state index is 12.9. The summed E-state index contributed by atoms with van der Waals surface area (Å²) in [5.41, 5.74) is 0.754. The van der Waals surface area contributed by atoms with E-state index in [1.165, 1.54) is 4.90 Å². The van der Waals surface area contributed by atoms with Gasteiger partial charge in [-0.2, -0.15) is 0 Å². The number of aromatic nitrogens is 1. The van der Waals surface area contributed by atoms with Crippen LogP contribution in [-0.2, 0) is 9.59 Å². The Morgan fingerprint density at radius 1 is 1.21 bits per heavy atom. The number of hydrogen-bond acceptors (Lipinski definition) is 4. The molecule has 1 aromatic heterocycles. The van der Waals surface area contributed by atoms with Crippen molar-refractivity contribution in [3.8, 4) is 5.75 Å². The van der Waals surface area contributed by atoms with E-state index in [1.807, 2.05) is 30.3 Å². The third-order valence-electron chi connectivity index (χ3n) is 4.09. The van der Waals surface area contributed by atoms with E-state index >= 15 is 0 Å². The van der Waals surface area contributed by atoms with Gasteiger partial charge < -0.3 is 10.1 Å². The summed E-state index contributed by atoms with van der Waals surface area (Å²) >= 11 is 0. The van der Waals surface area contributed by atoms with Crippen molar-refractivity contribution in [2.45, 2.75) is 25.0 Å². The van der Waals surface area contributed by atoms with Crippen LogP contribution in [0.1, 0.15) is 24.5 Å². The maximum absolute atomic E-state index is 12.9. The average Bonchev–Trinajstić information content (AvgIpc) is 3.42. The van der Waals surface area contributed by atoms with Crippen LogP contribution >= 0.6 is 0 Å². The molecule has 122 valence electrons. The highest BCUT2D eigenvalue weighted by molar-refractivity contribution is 6.03. The van der Waals surface area contributed by atoms with Crippen molar-refractivity contribution in [3.05, 3.63) is 54.2 Å². The molecule has 0 radical (unpaired) electrons. The summed E-state index contributed by atoms with van der Waals surface area (Å²) in [5, 5.41) is 2.91. The Hall–Kier alpha value is -2.89. The van der Waals surface area contributed by atoms with Crippen molar-refractivity contribution in [3.63, 3.8) is 0 Å². The molecule has 2 heterocycles. The fraction of sp³-hybridized carbons (Fsp3) is 0.278. The van der Waals surface area contributed by atoms with E-state index in [-0.39, 0.29) is 24.4 Å². The van der Waals surface area contributed by atoms with Crippen molar-refractivity contribution in [2.75, 3.05) is 11.4 Å². The summed E-state index contributed by atoms with van der Waals surface area (Å²) in [5.74, 6) is 0.445. The summed E-state index contributed by atoms with van der Waals surface area (Å²) in [4.78, 5) is 30.7. The summed E-state index contributed by atoms with van der Waals surface area (Å²) in [6.45, 7) is -0.0496. The van der Waals surface area contributed by atoms with E-state index in [0.717, 1.165) is 18.4 Å². The fourth-order valence-corrected chi connectivity index (χ4v) is 2.74. The summed E-state index contributed by atoms with van der Waals surface area (Å²) < 4.78 is 5.85.